The van der Waals surface area contributed by atoms with Crippen molar-refractivity contribution in [2.24, 2.45) is 35.5 Å². The van der Waals surface area contributed by atoms with Gasteiger partial charge < -0.3 is 0 Å². The Hall–Kier alpha value is -0.520. The van der Waals surface area contributed by atoms with Gasteiger partial charge in [-0.25, -0.2) is 0 Å². The van der Waals surface area contributed by atoms with Crippen molar-refractivity contribution in [3.63, 3.8) is 0 Å². The molecule has 2 unspecified atom stereocenters. The summed E-state index contributed by atoms with van der Waals surface area (Å²) >= 11 is 0. The van der Waals surface area contributed by atoms with Crippen LogP contribution in [-0.4, -0.2) is 0 Å². The molecule has 3 aliphatic carbocycles. The van der Waals surface area contributed by atoms with Gasteiger partial charge in [0.05, 0.1) is 0 Å². The Kier molecular flexibility index (Phi) is 7.68. The van der Waals surface area contributed by atoms with Crippen molar-refractivity contribution in [1.82, 2.24) is 0 Å². The molecule has 0 amide bonds. The maximum Gasteiger partial charge on any atom is -0.00531 e. The Labute approximate surface area is 157 Å². The van der Waals surface area contributed by atoms with Crippen molar-refractivity contribution in [2.45, 2.75) is 97.3 Å². The Morgan fingerprint density at radius 1 is 0.720 bits per heavy atom. The lowest BCUT2D eigenvalue weighted by Crippen LogP contribution is -2.25. The molecule has 142 valence electrons. The van der Waals surface area contributed by atoms with Crippen LogP contribution in [0.4, 0.5) is 0 Å². The third-order valence-electron chi connectivity index (χ3n) is 7.73. The van der Waals surface area contributed by atoms with Gasteiger partial charge in [0.25, 0.3) is 0 Å². The van der Waals surface area contributed by atoms with Gasteiger partial charge in [-0.1, -0.05) is 63.8 Å². The van der Waals surface area contributed by atoms with Crippen molar-refractivity contribution >= 4 is 0 Å². The monoisotopic (exact) mass is 342 g/mol. The van der Waals surface area contributed by atoms with Crippen LogP contribution in [0.5, 0.6) is 0 Å². The zero-order valence-electron chi connectivity index (χ0n) is 17.0. The van der Waals surface area contributed by atoms with E-state index in [1.807, 2.05) is 0 Å². The average molecular weight is 343 g/mol. The van der Waals surface area contributed by atoms with E-state index >= 15 is 0 Å². The van der Waals surface area contributed by atoms with Gasteiger partial charge in [0.2, 0.25) is 0 Å². The molecular weight excluding hydrogens is 300 g/mol. The Morgan fingerprint density at radius 2 is 1.40 bits per heavy atom. The van der Waals surface area contributed by atoms with E-state index in [1.165, 1.54) is 70.6 Å². The van der Waals surface area contributed by atoms with Crippen LogP contribution >= 0.6 is 0 Å². The van der Waals surface area contributed by atoms with Gasteiger partial charge in [0.1, 0.15) is 0 Å². The highest BCUT2D eigenvalue weighted by Crippen LogP contribution is 2.42. The maximum absolute atomic E-state index is 2.59. The van der Waals surface area contributed by atoms with E-state index in [2.05, 4.69) is 38.2 Å². The molecule has 0 aromatic carbocycles. The van der Waals surface area contributed by atoms with E-state index in [-0.39, 0.29) is 0 Å². The molecule has 2 saturated carbocycles. The summed E-state index contributed by atoms with van der Waals surface area (Å²) in [5.74, 6) is 5.67. The molecule has 0 spiro atoms. The SMILES string of the molecule is CCCC1CCC(C2CCC(C=CC3C=CC(CC)CC3)CC2)CC1. The summed E-state index contributed by atoms with van der Waals surface area (Å²) in [6.45, 7) is 4.67. The minimum absolute atomic E-state index is 0.731. The van der Waals surface area contributed by atoms with Gasteiger partial charge in [-0.05, 0) is 93.3 Å². The van der Waals surface area contributed by atoms with Crippen LogP contribution in [0.2, 0.25) is 0 Å². The second-order valence-electron chi connectivity index (χ2n) is 9.42. The third kappa shape index (κ3) is 5.73. The van der Waals surface area contributed by atoms with Crippen LogP contribution in [0.15, 0.2) is 24.3 Å². The molecule has 0 aromatic heterocycles. The summed E-state index contributed by atoms with van der Waals surface area (Å²) < 4.78 is 0. The molecule has 0 bridgehead atoms. The molecule has 0 nitrogen and oxygen atoms in total. The number of hydrogen-bond donors (Lipinski definition) is 0. The highest BCUT2D eigenvalue weighted by molar-refractivity contribution is 5.07. The molecule has 25 heavy (non-hydrogen) atoms. The van der Waals surface area contributed by atoms with E-state index in [0.29, 0.717) is 0 Å². The second kappa shape index (κ2) is 9.98. The largest absolute Gasteiger partial charge is 0.0848 e. The molecule has 0 N–H and O–H groups in total. The van der Waals surface area contributed by atoms with Crippen LogP contribution < -0.4 is 0 Å². The fraction of sp³-hybridized carbons (Fsp3) is 0.840. The molecule has 0 heterocycles. The van der Waals surface area contributed by atoms with Crippen molar-refractivity contribution < 1.29 is 0 Å². The molecule has 0 heteroatoms. The van der Waals surface area contributed by atoms with Crippen molar-refractivity contribution in [2.75, 3.05) is 0 Å². The van der Waals surface area contributed by atoms with Gasteiger partial charge in [0.15, 0.2) is 0 Å². The summed E-state index contributed by atoms with van der Waals surface area (Å²) in [5, 5.41) is 0. The zero-order chi connectivity index (χ0) is 17.5. The average Bonchev–Trinajstić information content (AvgIpc) is 2.68. The molecule has 0 radical (unpaired) electrons. The van der Waals surface area contributed by atoms with Crippen LogP contribution in [0.1, 0.15) is 97.3 Å². The first-order chi connectivity index (χ1) is 12.3. The first kappa shape index (κ1) is 19.2. The quantitative estimate of drug-likeness (QED) is 0.430. The Bertz CT molecular complexity index is 415. The van der Waals surface area contributed by atoms with Crippen molar-refractivity contribution in [3.8, 4) is 0 Å². The summed E-state index contributed by atoms with van der Waals surface area (Å²) in [6.07, 6.45) is 29.2. The maximum atomic E-state index is 2.59. The zero-order valence-corrected chi connectivity index (χ0v) is 17.0. The van der Waals surface area contributed by atoms with Crippen LogP contribution in [0.3, 0.4) is 0 Å². The Morgan fingerprint density at radius 3 is 1.96 bits per heavy atom. The molecule has 2 atom stereocenters. The fourth-order valence-electron chi connectivity index (χ4n) is 5.86. The van der Waals surface area contributed by atoms with E-state index in [4.69, 9.17) is 0 Å². The lowest BCUT2D eigenvalue weighted by Gasteiger charge is -2.37. The minimum Gasteiger partial charge on any atom is -0.0848 e. The topological polar surface area (TPSA) is 0 Å². The lowest BCUT2D eigenvalue weighted by atomic mass is 9.68. The third-order valence-corrected chi connectivity index (χ3v) is 7.73. The van der Waals surface area contributed by atoms with E-state index in [9.17, 15) is 0 Å². The van der Waals surface area contributed by atoms with E-state index < -0.39 is 0 Å². The number of allylic oxidation sites excluding steroid dienone is 4. The molecular formula is C25H42. The van der Waals surface area contributed by atoms with E-state index in [0.717, 1.165) is 35.5 Å². The predicted octanol–water partition coefficient (Wildman–Crippen LogP) is 7.95. The number of hydrogen-bond acceptors (Lipinski definition) is 0. The Balaban J connectivity index is 1.37. The first-order valence-electron chi connectivity index (χ1n) is 11.6. The smallest absolute Gasteiger partial charge is 0.00531 e. The molecule has 3 aliphatic rings. The summed E-state index contributed by atoms with van der Waals surface area (Å²) in [6, 6.07) is 0. The highest BCUT2D eigenvalue weighted by atomic mass is 14.4. The van der Waals surface area contributed by atoms with Crippen LogP contribution in [-0.2, 0) is 0 Å². The molecule has 0 aliphatic heterocycles. The molecule has 0 saturated heterocycles. The van der Waals surface area contributed by atoms with Crippen molar-refractivity contribution in [3.05, 3.63) is 24.3 Å². The van der Waals surface area contributed by atoms with Crippen LogP contribution in [0, 0.1) is 35.5 Å². The van der Waals surface area contributed by atoms with Gasteiger partial charge in [0, 0.05) is 0 Å². The summed E-state index contributed by atoms with van der Waals surface area (Å²) in [4.78, 5) is 0. The highest BCUT2D eigenvalue weighted by Gasteiger charge is 2.30. The van der Waals surface area contributed by atoms with Gasteiger partial charge in [-0.2, -0.15) is 0 Å². The normalized spacial score (nSPS) is 39.8. The molecule has 0 aromatic rings. The minimum atomic E-state index is 0.731. The first-order valence-corrected chi connectivity index (χ1v) is 11.6. The fourth-order valence-corrected chi connectivity index (χ4v) is 5.86. The van der Waals surface area contributed by atoms with E-state index in [1.54, 1.807) is 12.8 Å². The summed E-state index contributed by atoms with van der Waals surface area (Å²) in [5.41, 5.74) is 0. The van der Waals surface area contributed by atoms with Gasteiger partial charge in [-0.15, -0.1) is 0 Å². The lowest BCUT2D eigenvalue weighted by molar-refractivity contribution is 0.152. The number of rotatable bonds is 6. The van der Waals surface area contributed by atoms with Crippen molar-refractivity contribution in [1.29, 1.82) is 0 Å². The van der Waals surface area contributed by atoms with Gasteiger partial charge in [-0.3, -0.25) is 0 Å². The summed E-state index contributed by atoms with van der Waals surface area (Å²) in [7, 11) is 0. The van der Waals surface area contributed by atoms with Gasteiger partial charge >= 0.3 is 0 Å². The second-order valence-corrected chi connectivity index (χ2v) is 9.42. The molecule has 3 rings (SSSR count). The predicted molar refractivity (Wildman–Crippen MR) is 111 cm³/mol. The van der Waals surface area contributed by atoms with Crippen LogP contribution in [0.25, 0.3) is 0 Å². The standard InChI is InChI=1S/C25H42/c1-3-5-21-12-16-24(17-13-21)25-18-14-23(15-19-25)11-10-22-8-6-20(4-2)7-9-22/h6,8,10-11,20-25H,3-5,7,9,12-19H2,1-2H3. The molecule has 2 fully saturated rings.